The van der Waals surface area contributed by atoms with Crippen LogP contribution in [0, 0.1) is 6.85 Å². The molecule has 8 heavy (non-hydrogen) atoms. The Morgan fingerprint density at radius 2 is 2.88 bits per heavy atom. The second-order valence-electron chi connectivity index (χ2n) is 1.26. The van der Waals surface area contributed by atoms with E-state index in [1.54, 1.807) is 0 Å². The summed E-state index contributed by atoms with van der Waals surface area (Å²) in [4.78, 5) is 0. The molecule has 2 nitrogen and oxygen atoms in total. The maximum Gasteiger partial charge on any atom is 0.106 e. The van der Waals surface area contributed by atoms with Crippen LogP contribution in [0.1, 0.15) is 13.8 Å². The molecule has 0 atom stereocenters. The minimum Gasteiger partial charge on any atom is -0.261 e. The molecule has 0 unspecified atom stereocenters. The van der Waals surface area contributed by atoms with Crippen LogP contribution in [0.3, 0.4) is 0 Å². The summed E-state index contributed by atoms with van der Waals surface area (Å²) < 4.78 is 43.1. The van der Waals surface area contributed by atoms with Gasteiger partial charge in [-0.25, -0.2) is 0 Å². The van der Waals surface area contributed by atoms with Gasteiger partial charge >= 0.3 is 0 Å². The van der Waals surface area contributed by atoms with Crippen molar-refractivity contribution in [3.8, 4) is 0 Å². The molecule has 44 valence electrons. The molecule has 1 rings (SSSR count). The van der Waals surface area contributed by atoms with Gasteiger partial charge in [-0.15, -0.1) is 0 Å². The summed E-state index contributed by atoms with van der Waals surface area (Å²) in [7, 11) is 0. The SMILES string of the molecule is [2H]C([2H])([2H])c1cnn(C([2H])([2H])[2H])c1Br. The molecule has 1 aromatic heterocycles. The van der Waals surface area contributed by atoms with E-state index in [0.29, 0.717) is 4.68 Å². The molecule has 0 spiro atoms. The minimum atomic E-state index is -2.47. The van der Waals surface area contributed by atoms with Crippen molar-refractivity contribution in [1.82, 2.24) is 9.78 Å². The van der Waals surface area contributed by atoms with Crippen molar-refractivity contribution in [2.75, 3.05) is 0 Å². The first-order chi connectivity index (χ1) is 6.14. The molecule has 0 aliphatic heterocycles. The van der Waals surface area contributed by atoms with Gasteiger partial charge in [0.1, 0.15) is 4.60 Å². The first-order valence-corrected chi connectivity index (χ1v) is 2.68. The topological polar surface area (TPSA) is 17.8 Å². The Bertz CT molecular complexity index is 305. The van der Waals surface area contributed by atoms with E-state index in [1.165, 1.54) is 0 Å². The molecule has 0 aliphatic carbocycles. The Morgan fingerprint density at radius 1 is 2.00 bits per heavy atom. The highest BCUT2D eigenvalue weighted by molar-refractivity contribution is 9.10. The summed E-state index contributed by atoms with van der Waals surface area (Å²) in [6, 6.07) is 0. The fraction of sp³-hybridized carbons (Fsp3) is 0.400. The van der Waals surface area contributed by atoms with Crippen molar-refractivity contribution in [3.05, 3.63) is 16.4 Å². The number of aryl methyl sites for hydroxylation is 2. The number of halogens is 1. The Hall–Kier alpha value is -0.310. The van der Waals surface area contributed by atoms with Crippen LogP contribution in [0.2, 0.25) is 0 Å². The van der Waals surface area contributed by atoms with Gasteiger partial charge < -0.3 is 0 Å². The summed E-state index contributed by atoms with van der Waals surface area (Å²) >= 11 is 2.90. The highest BCUT2D eigenvalue weighted by Crippen LogP contribution is 2.11. The van der Waals surface area contributed by atoms with Crippen LogP contribution in [0.5, 0.6) is 0 Å². The van der Waals surface area contributed by atoms with Crippen LogP contribution < -0.4 is 0 Å². The van der Waals surface area contributed by atoms with Gasteiger partial charge in [0, 0.05) is 20.8 Å². The van der Waals surface area contributed by atoms with Crippen LogP contribution >= 0.6 is 15.9 Å². The lowest BCUT2D eigenvalue weighted by molar-refractivity contribution is 0.749. The zero-order chi connectivity index (χ0) is 11.1. The maximum atomic E-state index is 7.10. The first kappa shape index (κ1) is 1.84. The van der Waals surface area contributed by atoms with Gasteiger partial charge in [0.2, 0.25) is 0 Å². The predicted molar refractivity (Wildman–Crippen MR) is 35.6 cm³/mol. The molecular formula is C5H7BrN2. The zero-order valence-corrected chi connectivity index (χ0v) is 5.44. The zero-order valence-electron chi connectivity index (χ0n) is 9.85. The molecule has 1 heterocycles. The molecule has 0 radical (unpaired) electrons. The van der Waals surface area contributed by atoms with Gasteiger partial charge in [0.15, 0.2) is 0 Å². The van der Waals surface area contributed by atoms with Crippen LogP contribution in [0.15, 0.2) is 10.8 Å². The number of hydrogen-bond donors (Lipinski definition) is 0. The van der Waals surface area contributed by atoms with Crippen molar-refractivity contribution in [2.45, 2.75) is 6.85 Å². The van der Waals surface area contributed by atoms with Crippen LogP contribution in [0.4, 0.5) is 0 Å². The van der Waals surface area contributed by atoms with Crippen molar-refractivity contribution in [2.24, 2.45) is 6.98 Å². The Labute approximate surface area is 65.1 Å². The predicted octanol–water partition coefficient (Wildman–Crippen LogP) is 1.49. The number of aromatic nitrogens is 2. The Morgan fingerprint density at radius 3 is 3.25 bits per heavy atom. The van der Waals surface area contributed by atoms with E-state index < -0.39 is 13.8 Å². The second-order valence-corrected chi connectivity index (χ2v) is 2.01. The molecule has 0 amide bonds. The Kier molecular flexibility index (Phi) is 0.435. The average Bonchev–Trinajstić information content (AvgIpc) is 2.26. The van der Waals surface area contributed by atoms with Crippen LogP contribution in [-0.4, -0.2) is 9.78 Å². The summed E-state index contributed by atoms with van der Waals surface area (Å²) in [5.74, 6) is 0. The minimum absolute atomic E-state index is 0.0301. The third kappa shape index (κ3) is 0.777. The standard InChI is InChI=1S/C5H7BrN2/c1-4-3-7-8(2)5(4)6/h3H,1-2H3/i1D3,2D3. The Balaban J connectivity index is 3.23. The van der Waals surface area contributed by atoms with Gasteiger partial charge in [0.25, 0.3) is 0 Å². The molecule has 0 saturated heterocycles. The third-order valence-electron chi connectivity index (χ3n) is 0.711. The quantitative estimate of drug-likeness (QED) is 0.592. The van der Waals surface area contributed by atoms with Gasteiger partial charge in [-0.3, -0.25) is 4.68 Å². The second kappa shape index (κ2) is 1.90. The summed E-state index contributed by atoms with van der Waals surface area (Å²) in [5.41, 5.74) is -0.103. The molecule has 3 heteroatoms. The smallest absolute Gasteiger partial charge is 0.106 e. The fourth-order valence-corrected chi connectivity index (χ4v) is 0.527. The lowest BCUT2D eigenvalue weighted by Gasteiger charge is -1.88. The van der Waals surface area contributed by atoms with Crippen molar-refractivity contribution in [1.29, 1.82) is 0 Å². The van der Waals surface area contributed by atoms with Gasteiger partial charge in [-0.05, 0) is 22.8 Å². The molecular weight excluding hydrogens is 168 g/mol. The molecule has 0 aromatic carbocycles. The highest BCUT2D eigenvalue weighted by atomic mass is 79.9. The van der Waals surface area contributed by atoms with E-state index >= 15 is 0 Å². The normalized spacial score (nSPS) is 24.1. The summed E-state index contributed by atoms with van der Waals surface area (Å²) in [6.45, 7) is -4.83. The maximum absolute atomic E-state index is 7.10. The molecule has 0 N–H and O–H groups in total. The largest absolute Gasteiger partial charge is 0.261 e. The van der Waals surface area contributed by atoms with E-state index in [2.05, 4.69) is 21.0 Å². The van der Waals surface area contributed by atoms with Crippen molar-refractivity contribution in [3.63, 3.8) is 0 Å². The van der Waals surface area contributed by atoms with E-state index in [-0.39, 0.29) is 10.2 Å². The molecule has 1 aromatic rings. The van der Waals surface area contributed by atoms with Gasteiger partial charge in [-0.2, -0.15) is 5.10 Å². The average molecular weight is 181 g/mol. The number of hydrogen-bond acceptors (Lipinski definition) is 1. The van der Waals surface area contributed by atoms with E-state index in [0.717, 1.165) is 6.20 Å². The fourth-order valence-electron chi connectivity index (χ4n) is 0.334. The van der Waals surface area contributed by atoms with E-state index in [9.17, 15) is 0 Å². The molecule has 0 aliphatic rings. The lowest BCUT2D eigenvalue weighted by Crippen LogP contribution is -1.88. The molecule has 0 fully saturated rings. The van der Waals surface area contributed by atoms with Crippen molar-refractivity contribution < 1.29 is 8.22 Å². The van der Waals surface area contributed by atoms with E-state index in [1.807, 2.05) is 0 Å². The van der Waals surface area contributed by atoms with E-state index in [4.69, 9.17) is 8.22 Å². The first-order valence-electron chi connectivity index (χ1n) is 4.88. The molecule has 0 bridgehead atoms. The van der Waals surface area contributed by atoms with Crippen LogP contribution in [0.25, 0.3) is 0 Å². The van der Waals surface area contributed by atoms with Crippen LogP contribution in [-0.2, 0) is 6.98 Å². The summed E-state index contributed by atoms with van der Waals surface area (Å²) in [6.07, 6.45) is 1.03. The number of rotatable bonds is 0. The monoisotopic (exact) mass is 180 g/mol. The lowest BCUT2D eigenvalue weighted by atomic mass is 10.4. The highest BCUT2D eigenvalue weighted by Gasteiger charge is 1.96. The molecule has 0 saturated carbocycles. The third-order valence-corrected chi connectivity index (χ3v) is 1.47. The van der Waals surface area contributed by atoms with Gasteiger partial charge in [-0.1, -0.05) is 0 Å². The van der Waals surface area contributed by atoms with Crippen molar-refractivity contribution >= 4 is 15.9 Å². The summed E-state index contributed by atoms with van der Waals surface area (Å²) in [5, 5.41) is 3.50. The van der Waals surface area contributed by atoms with Gasteiger partial charge in [0.05, 0.1) is 6.20 Å². The number of nitrogens with zero attached hydrogens (tertiary/aromatic N) is 2.